The van der Waals surface area contributed by atoms with Crippen LogP contribution in [0.15, 0.2) is 18.2 Å². The van der Waals surface area contributed by atoms with Crippen molar-refractivity contribution in [2.75, 3.05) is 13.1 Å². The van der Waals surface area contributed by atoms with Crippen LogP contribution in [0.3, 0.4) is 0 Å². The molecule has 2 aliphatic rings. The van der Waals surface area contributed by atoms with Crippen LogP contribution in [0.1, 0.15) is 44.2 Å². The van der Waals surface area contributed by atoms with E-state index in [2.05, 4.69) is 17.1 Å². The highest BCUT2D eigenvalue weighted by molar-refractivity contribution is 6.33. The second-order valence-corrected chi connectivity index (χ2v) is 6.94. The van der Waals surface area contributed by atoms with Gasteiger partial charge in [-0.05, 0) is 69.5 Å². The third-order valence-electron chi connectivity index (χ3n) is 4.50. The van der Waals surface area contributed by atoms with Crippen molar-refractivity contribution in [1.82, 2.24) is 10.2 Å². The van der Waals surface area contributed by atoms with Gasteiger partial charge in [-0.1, -0.05) is 23.2 Å². The van der Waals surface area contributed by atoms with Gasteiger partial charge in [0.15, 0.2) is 0 Å². The fraction of sp³-hybridized carbons (Fsp3) is 0.625. The topological polar surface area (TPSA) is 15.3 Å². The smallest absolute Gasteiger partial charge is 0.0454 e. The molecular formula is C16H22Cl2N2. The summed E-state index contributed by atoms with van der Waals surface area (Å²) in [5.41, 5.74) is 1.10. The molecule has 1 saturated heterocycles. The molecule has 0 aromatic heterocycles. The largest absolute Gasteiger partial charge is 0.307 e. The van der Waals surface area contributed by atoms with Crippen molar-refractivity contribution in [3.63, 3.8) is 0 Å². The molecule has 4 heteroatoms. The molecule has 1 aromatic rings. The van der Waals surface area contributed by atoms with Crippen LogP contribution in [0.5, 0.6) is 0 Å². The number of benzene rings is 1. The lowest BCUT2D eigenvalue weighted by Gasteiger charge is -2.34. The number of nitrogens with one attached hydrogen (secondary N) is 1. The van der Waals surface area contributed by atoms with Crippen molar-refractivity contribution in [1.29, 1.82) is 0 Å². The van der Waals surface area contributed by atoms with Crippen molar-refractivity contribution in [2.24, 2.45) is 0 Å². The fourth-order valence-electron chi connectivity index (χ4n) is 3.16. The summed E-state index contributed by atoms with van der Waals surface area (Å²) in [6, 6.07) is 7.44. The molecule has 1 unspecified atom stereocenters. The van der Waals surface area contributed by atoms with Crippen LogP contribution in [0.2, 0.25) is 10.0 Å². The number of piperidine rings is 1. The monoisotopic (exact) mass is 312 g/mol. The first-order valence-electron chi connectivity index (χ1n) is 7.58. The molecule has 2 fully saturated rings. The molecule has 110 valence electrons. The number of nitrogens with zero attached hydrogens (tertiary/aromatic N) is 1. The van der Waals surface area contributed by atoms with Gasteiger partial charge in [-0.25, -0.2) is 0 Å². The normalized spacial score (nSPS) is 22.9. The van der Waals surface area contributed by atoms with Gasteiger partial charge < -0.3 is 10.2 Å². The van der Waals surface area contributed by atoms with Crippen molar-refractivity contribution in [3.05, 3.63) is 33.8 Å². The van der Waals surface area contributed by atoms with Crippen molar-refractivity contribution in [2.45, 2.75) is 50.7 Å². The zero-order valence-corrected chi connectivity index (χ0v) is 13.4. The summed E-state index contributed by atoms with van der Waals surface area (Å²) in [7, 11) is 0. The first-order valence-corrected chi connectivity index (χ1v) is 8.34. The lowest BCUT2D eigenvalue weighted by molar-refractivity contribution is 0.184. The second kappa shape index (κ2) is 6.23. The van der Waals surface area contributed by atoms with Crippen LogP contribution < -0.4 is 5.32 Å². The average Bonchev–Trinajstić information content (AvgIpc) is 3.27. The lowest BCUT2D eigenvalue weighted by atomic mass is 10.0. The molecule has 1 aromatic carbocycles. The molecule has 20 heavy (non-hydrogen) atoms. The van der Waals surface area contributed by atoms with E-state index in [-0.39, 0.29) is 6.04 Å². The molecule has 0 amide bonds. The molecule has 2 nitrogen and oxygen atoms in total. The van der Waals surface area contributed by atoms with E-state index in [1.807, 2.05) is 18.2 Å². The molecule has 1 atom stereocenters. The zero-order valence-electron chi connectivity index (χ0n) is 11.9. The minimum absolute atomic E-state index is 0.249. The minimum atomic E-state index is 0.249. The summed E-state index contributed by atoms with van der Waals surface area (Å²) < 4.78 is 0. The lowest BCUT2D eigenvalue weighted by Crippen LogP contribution is -2.44. The summed E-state index contributed by atoms with van der Waals surface area (Å²) >= 11 is 12.3. The molecule has 1 aliphatic carbocycles. The SMILES string of the molecule is CC(NC1CCN(C2CC2)CC1)c1cc(Cl)ccc1Cl. The highest BCUT2D eigenvalue weighted by Gasteiger charge is 2.32. The van der Waals surface area contributed by atoms with E-state index in [1.54, 1.807) is 0 Å². The van der Waals surface area contributed by atoms with E-state index in [0.29, 0.717) is 6.04 Å². The predicted octanol–water partition coefficient (Wildman–Crippen LogP) is 4.27. The number of likely N-dealkylation sites (tertiary alicyclic amines) is 1. The molecule has 3 rings (SSSR count). The third kappa shape index (κ3) is 3.48. The first kappa shape index (κ1) is 14.6. The van der Waals surface area contributed by atoms with Gasteiger partial charge in [0.25, 0.3) is 0 Å². The number of hydrogen-bond donors (Lipinski definition) is 1. The van der Waals surface area contributed by atoms with E-state index in [4.69, 9.17) is 23.2 Å². The minimum Gasteiger partial charge on any atom is -0.307 e. The molecule has 0 spiro atoms. The van der Waals surface area contributed by atoms with Gasteiger partial charge in [0.2, 0.25) is 0 Å². The zero-order chi connectivity index (χ0) is 14.1. The Bertz CT molecular complexity index is 466. The number of rotatable bonds is 4. The van der Waals surface area contributed by atoms with Crippen LogP contribution in [-0.4, -0.2) is 30.1 Å². The van der Waals surface area contributed by atoms with Crippen molar-refractivity contribution in [3.8, 4) is 0 Å². The van der Waals surface area contributed by atoms with E-state index < -0.39 is 0 Å². The van der Waals surface area contributed by atoms with Crippen molar-refractivity contribution < 1.29 is 0 Å². The second-order valence-electron chi connectivity index (χ2n) is 6.10. The predicted molar refractivity (Wildman–Crippen MR) is 85.6 cm³/mol. The fourth-order valence-corrected chi connectivity index (χ4v) is 3.62. The Hall–Kier alpha value is -0.280. The first-order chi connectivity index (χ1) is 9.63. The van der Waals surface area contributed by atoms with Gasteiger partial charge in [0.1, 0.15) is 0 Å². The highest BCUT2D eigenvalue weighted by Crippen LogP contribution is 2.31. The van der Waals surface area contributed by atoms with Crippen molar-refractivity contribution >= 4 is 23.2 Å². The molecule has 1 heterocycles. The van der Waals surface area contributed by atoms with Gasteiger partial charge >= 0.3 is 0 Å². The average molecular weight is 313 g/mol. The molecule has 1 aliphatic heterocycles. The van der Waals surface area contributed by atoms with E-state index >= 15 is 0 Å². The highest BCUT2D eigenvalue weighted by atomic mass is 35.5. The number of hydrogen-bond acceptors (Lipinski definition) is 2. The maximum Gasteiger partial charge on any atom is 0.0454 e. The molecule has 1 N–H and O–H groups in total. The molecule has 0 radical (unpaired) electrons. The van der Waals surface area contributed by atoms with E-state index in [0.717, 1.165) is 21.7 Å². The van der Waals surface area contributed by atoms with Crippen LogP contribution >= 0.6 is 23.2 Å². The van der Waals surface area contributed by atoms with E-state index in [9.17, 15) is 0 Å². The van der Waals surface area contributed by atoms with E-state index in [1.165, 1.54) is 38.8 Å². The summed E-state index contributed by atoms with van der Waals surface area (Å²) in [6.07, 6.45) is 5.29. The maximum absolute atomic E-state index is 6.27. The summed E-state index contributed by atoms with van der Waals surface area (Å²) in [4.78, 5) is 2.65. The maximum atomic E-state index is 6.27. The molecule has 1 saturated carbocycles. The van der Waals surface area contributed by atoms with Crippen LogP contribution in [-0.2, 0) is 0 Å². The Morgan fingerprint density at radius 2 is 1.85 bits per heavy atom. The van der Waals surface area contributed by atoms with Gasteiger partial charge in [0.05, 0.1) is 0 Å². The number of halogens is 2. The molecule has 0 bridgehead atoms. The van der Waals surface area contributed by atoms with Gasteiger partial charge in [-0.3, -0.25) is 0 Å². The Balaban J connectivity index is 1.56. The molecular weight excluding hydrogens is 291 g/mol. The standard InChI is InChI=1S/C16H22Cl2N2/c1-11(15-10-12(17)2-5-16(15)18)19-13-6-8-20(9-7-13)14-3-4-14/h2,5,10-11,13-14,19H,3-4,6-9H2,1H3. The van der Waals surface area contributed by atoms with Crippen LogP contribution in [0.25, 0.3) is 0 Å². The van der Waals surface area contributed by atoms with Gasteiger partial charge in [-0.2, -0.15) is 0 Å². The van der Waals surface area contributed by atoms with Gasteiger partial charge in [0, 0.05) is 28.2 Å². The van der Waals surface area contributed by atoms with Gasteiger partial charge in [-0.15, -0.1) is 0 Å². The Morgan fingerprint density at radius 1 is 1.15 bits per heavy atom. The summed E-state index contributed by atoms with van der Waals surface area (Å²) in [5.74, 6) is 0. The summed E-state index contributed by atoms with van der Waals surface area (Å²) in [6.45, 7) is 4.64. The quantitative estimate of drug-likeness (QED) is 0.893. The third-order valence-corrected chi connectivity index (χ3v) is 5.08. The Morgan fingerprint density at radius 3 is 2.50 bits per heavy atom. The summed E-state index contributed by atoms with van der Waals surface area (Å²) in [5, 5.41) is 5.26. The Kier molecular flexibility index (Phi) is 4.56. The van der Waals surface area contributed by atoms with Crippen LogP contribution in [0.4, 0.5) is 0 Å². The Labute approximate surface area is 131 Å². The van der Waals surface area contributed by atoms with Crippen LogP contribution in [0, 0.1) is 0 Å².